The van der Waals surface area contributed by atoms with Crippen molar-refractivity contribution < 1.29 is 0 Å². The van der Waals surface area contributed by atoms with Gasteiger partial charge in [-0.25, -0.2) is 4.98 Å². The topological polar surface area (TPSA) is 33.1 Å². The van der Waals surface area contributed by atoms with Crippen LogP contribution in [0.1, 0.15) is 18.8 Å². The molecule has 18 heavy (non-hydrogen) atoms. The quantitative estimate of drug-likeness (QED) is 0.873. The van der Waals surface area contributed by atoms with Crippen molar-refractivity contribution in [1.29, 1.82) is 0 Å². The van der Waals surface area contributed by atoms with E-state index in [0.717, 1.165) is 24.4 Å². The lowest BCUT2D eigenvalue weighted by Crippen LogP contribution is -2.29. The maximum absolute atomic E-state index is 4.70. The van der Waals surface area contributed by atoms with Gasteiger partial charge in [0.2, 0.25) is 0 Å². The van der Waals surface area contributed by atoms with E-state index in [2.05, 4.69) is 61.0 Å². The number of likely N-dealkylation sites (N-methyl/N-ethyl adjacent to an activating group) is 1. The molecule has 0 spiro atoms. The third kappa shape index (κ3) is 2.71. The lowest BCUT2D eigenvalue weighted by molar-refractivity contribution is 0.385. The Morgan fingerprint density at radius 1 is 1.33 bits per heavy atom. The van der Waals surface area contributed by atoms with Crippen molar-refractivity contribution in [3.63, 3.8) is 0 Å². The second-order valence-corrected chi connectivity index (χ2v) is 5.00. The van der Waals surface area contributed by atoms with Crippen molar-refractivity contribution in [1.82, 2.24) is 19.8 Å². The van der Waals surface area contributed by atoms with Gasteiger partial charge in [-0.3, -0.25) is 0 Å². The summed E-state index contributed by atoms with van der Waals surface area (Å²) in [6.45, 7) is 4.17. The normalized spacial score (nSPS) is 13.4. The molecule has 4 nitrogen and oxygen atoms in total. The third-order valence-corrected chi connectivity index (χ3v) is 3.22. The Labute approximate surface area is 109 Å². The van der Waals surface area contributed by atoms with Gasteiger partial charge in [-0.2, -0.15) is 0 Å². The van der Waals surface area contributed by atoms with Gasteiger partial charge in [0.25, 0.3) is 0 Å². The predicted molar refractivity (Wildman–Crippen MR) is 75.7 cm³/mol. The number of aromatic nitrogens is 2. The highest BCUT2D eigenvalue weighted by molar-refractivity contribution is 5.75. The molecular weight excluding hydrogens is 224 g/mol. The van der Waals surface area contributed by atoms with E-state index in [1.165, 1.54) is 5.52 Å². The fourth-order valence-electron chi connectivity index (χ4n) is 2.15. The second-order valence-electron chi connectivity index (χ2n) is 5.00. The van der Waals surface area contributed by atoms with E-state index < -0.39 is 0 Å². The summed E-state index contributed by atoms with van der Waals surface area (Å²) in [5, 5.41) is 3.51. The number of benzene rings is 1. The molecule has 1 atom stereocenters. The summed E-state index contributed by atoms with van der Waals surface area (Å²) < 4.78 is 2.17. The van der Waals surface area contributed by atoms with E-state index in [1.807, 2.05) is 6.07 Å². The van der Waals surface area contributed by atoms with E-state index in [9.17, 15) is 0 Å². The van der Waals surface area contributed by atoms with Gasteiger partial charge >= 0.3 is 0 Å². The number of nitrogens with zero attached hydrogens (tertiary/aromatic N) is 3. The molecule has 4 heteroatoms. The number of hydrogen-bond acceptors (Lipinski definition) is 3. The van der Waals surface area contributed by atoms with E-state index in [4.69, 9.17) is 4.98 Å². The minimum absolute atomic E-state index is 0.266. The monoisotopic (exact) mass is 246 g/mol. The van der Waals surface area contributed by atoms with E-state index in [-0.39, 0.29) is 6.04 Å². The molecule has 0 aliphatic heterocycles. The van der Waals surface area contributed by atoms with Crippen LogP contribution in [0.15, 0.2) is 24.3 Å². The Morgan fingerprint density at radius 2 is 2.06 bits per heavy atom. The molecular formula is C14H22N4. The van der Waals surface area contributed by atoms with Crippen LogP contribution in [0.4, 0.5) is 0 Å². The Bertz CT molecular complexity index is 515. The highest BCUT2D eigenvalue weighted by atomic mass is 15.1. The number of aryl methyl sites for hydroxylation is 1. The Hall–Kier alpha value is -1.39. The third-order valence-electron chi connectivity index (χ3n) is 3.22. The zero-order chi connectivity index (χ0) is 13.1. The fourth-order valence-corrected chi connectivity index (χ4v) is 2.15. The van der Waals surface area contributed by atoms with E-state index >= 15 is 0 Å². The van der Waals surface area contributed by atoms with Crippen LogP contribution in [0.5, 0.6) is 0 Å². The highest BCUT2D eigenvalue weighted by Crippen LogP contribution is 2.18. The zero-order valence-corrected chi connectivity index (χ0v) is 11.6. The van der Waals surface area contributed by atoms with Crippen molar-refractivity contribution in [2.45, 2.75) is 13.0 Å². The summed E-state index contributed by atoms with van der Waals surface area (Å²) in [5.74, 6) is 1.09. The Balaban J connectivity index is 2.12. The molecule has 1 aromatic heterocycles. The number of nitrogens with one attached hydrogen (secondary N) is 1. The zero-order valence-electron chi connectivity index (χ0n) is 11.6. The molecule has 0 fully saturated rings. The van der Waals surface area contributed by atoms with E-state index in [0.29, 0.717) is 0 Å². The Kier molecular flexibility index (Phi) is 3.99. The van der Waals surface area contributed by atoms with Gasteiger partial charge in [-0.05, 0) is 33.2 Å². The molecule has 2 aromatic rings. The molecule has 0 radical (unpaired) electrons. The molecule has 0 saturated carbocycles. The lowest BCUT2D eigenvalue weighted by atomic mass is 10.3. The van der Waals surface area contributed by atoms with Crippen LogP contribution in [0.3, 0.4) is 0 Å². The number of imidazole rings is 1. The standard InChI is InChI=1S/C14H22N4/c1-11(15-9-10-17(2)3)14-16-12-7-5-6-8-13(12)18(14)4/h5-8,11,15H,9-10H2,1-4H3/t11-/m0/s1. The van der Waals surface area contributed by atoms with Crippen molar-refractivity contribution in [2.75, 3.05) is 27.2 Å². The molecule has 1 heterocycles. The molecule has 0 aliphatic rings. The van der Waals surface area contributed by atoms with Crippen molar-refractivity contribution in [3.8, 4) is 0 Å². The predicted octanol–water partition coefficient (Wildman–Crippen LogP) is 1.79. The molecule has 0 aliphatic carbocycles. The first-order valence-electron chi connectivity index (χ1n) is 6.39. The molecule has 1 aromatic carbocycles. The molecule has 0 bridgehead atoms. The molecule has 0 unspecified atom stereocenters. The average Bonchev–Trinajstić information content (AvgIpc) is 2.67. The van der Waals surface area contributed by atoms with Gasteiger partial charge < -0.3 is 14.8 Å². The van der Waals surface area contributed by atoms with Crippen LogP contribution in [0, 0.1) is 0 Å². The van der Waals surface area contributed by atoms with Crippen molar-refractivity contribution in [3.05, 3.63) is 30.1 Å². The summed E-state index contributed by atoms with van der Waals surface area (Å²) in [7, 11) is 6.25. The first-order valence-corrected chi connectivity index (χ1v) is 6.39. The minimum Gasteiger partial charge on any atom is -0.330 e. The SMILES string of the molecule is C[C@H](NCCN(C)C)c1nc2ccccc2n1C. The molecule has 0 saturated heterocycles. The minimum atomic E-state index is 0.266. The average molecular weight is 246 g/mol. The van der Waals surface area contributed by atoms with Gasteiger partial charge in [0.15, 0.2) is 0 Å². The van der Waals surface area contributed by atoms with Gasteiger partial charge in [0, 0.05) is 20.1 Å². The van der Waals surface area contributed by atoms with Crippen molar-refractivity contribution in [2.24, 2.45) is 7.05 Å². The molecule has 2 rings (SSSR count). The molecule has 0 amide bonds. The van der Waals surface area contributed by atoms with Gasteiger partial charge in [-0.15, -0.1) is 0 Å². The first-order chi connectivity index (χ1) is 8.59. The fraction of sp³-hybridized carbons (Fsp3) is 0.500. The molecule has 98 valence electrons. The first kappa shape index (κ1) is 13.1. The lowest BCUT2D eigenvalue weighted by Gasteiger charge is -2.16. The summed E-state index contributed by atoms with van der Waals surface area (Å²) >= 11 is 0. The number of hydrogen-bond donors (Lipinski definition) is 1. The van der Waals surface area contributed by atoms with Crippen LogP contribution >= 0.6 is 0 Å². The van der Waals surface area contributed by atoms with Gasteiger partial charge in [-0.1, -0.05) is 12.1 Å². The van der Waals surface area contributed by atoms with Crippen molar-refractivity contribution >= 4 is 11.0 Å². The number of rotatable bonds is 5. The number of para-hydroxylation sites is 2. The van der Waals surface area contributed by atoms with Gasteiger partial charge in [0.05, 0.1) is 17.1 Å². The van der Waals surface area contributed by atoms with Crippen LogP contribution in [-0.2, 0) is 7.05 Å². The van der Waals surface area contributed by atoms with Gasteiger partial charge in [0.1, 0.15) is 5.82 Å². The maximum atomic E-state index is 4.70. The summed E-state index contributed by atoms with van der Waals surface area (Å²) in [6, 6.07) is 8.52. The maximum Gasteiger partial charge on any atom is 0.126 e. The second kappa shape index (κ2) is 5.50. The van der Waals surface area contributed by atoms with Crippen LogP contribution in [-0.4, -0.2) is 41.6 Å². The number of fused-ring (bicyclic) bond motifs is 1. The summed E-state index contributed by atoms with van der Waals surface area (Å²) in [4.78, 5) is 6.87. The largest absolute Gasteiger partial charge is 0.330 e. The highest BCUT2D eigenvalue weighted by Gasteiger charge is 2.13. The van der Waals surface area contributed by atoms with Crippen LogP contribution < -0.4 is 5.32 Å². The summed E-state index contributed by atoms with van der Waals surface area (Å²) in [5.41, 5.74) is 2.25. The smallest absolute Gasteiger partial charge is 0.126 e. The Morgan fingerprint density at radius 3 is 2.72 bits per heavy atom. The summed E-state index contributed by atoms with van der Waals surface area (Å²) in [6.07, 6.45) is 0. The van der Waals surface area contributed by atoms with E-state index in [1.54, 1.807) is 0 Å². The molecule has 1 N–H and O–H groups in total. The van der Waals surface area contributed by atoms with Crippen LogP contribution in [0.25, 0.3) is 11.0 Å². The van der Waals surface area contributed by atoms with Crippen LogP contribution in [0.2, 0.25) is 0 Å².